The van der Waals surface area contributed by atoms with Crippen LogP contribution in [-0.4, -0.2) is 32.5 Å². The first kappa shape index (κ1) is 22.7. The number of pyridine rings is 2. The highest BCUT2D eigenvalue weighted by molar-refractivity contribution is 7.18. The van der Waals surface area contributed by atoms with Crippen LogP contribution in [0.2, 0.25) is 0 Å². The summed E-state index contributed by atoms with van der Waals surface area (Å²) in [5.41, 5.74) is 12.0. The van der Waals surface area contributed by atoms with E-state index in [0.29, 0.717) is 12.4 Å². The summed E-state index contributed by atoms with van der Waals surface area (Å²) >= 11 is 1.57. The lowest BCUT2D eigenvalue weighted by atomic mass is 10.1. The number of nitrogens with one attached hydrogen (secondary N) is 1. The molecule has 0 aliphatic carbocycles. The molecule has 0 spiro atoms. The van der Waals surface area contributed by atoms with Gasteiger partial charge in [0.05, 0.1) is 10.3 Å². The van der Waals surface area contributed by atoms with Gasteiger partial charge in [-0.1, -0.05) is 42.3 Å². The molecule has 0 aliphatic heterocycles. The number of thiophene rings is 1. The molecule has 1 unspecified atom stereocenters. The second kappa shape index (κ2) is 10.4. The SMILES string of the molecule is Cc1ccc(C#Cc2csc3c(NCC(N)Cc4ccccc4)nc(-c4ccncc4)nc23)nc1. The molecular formula is C28H24N6S. The van der Waals surface area contributed by atoms with E-state index in [1.54, 1.807) is 23.7 Å². The van der Waals surface area contributed by atoms with Crippen molar-refractivity contribution in [3.05, 3.63) is 101 Å². The van der Waals surface area contributed by atoms with Crippen LogP contribution >= 0.6 is 11.3 Å². The van der Waals surface area contributed by atoms with E-state index < -0.39 is 0 Å². The quantitative estimate of drug-likeness (QED) is 0.341. The smallest absolute Gasteiger partial charge is 0.162 e. The van der Waals surface area contributed by atoms with Crippen molar-refractivity contribution < 1.29 is 0 Å². The zero-order valence-corrected chi connectivity index (χ0v) is 20.1. The molecule has 0 aliphatic rings. The molecule has 0 saturated carbocycles. The van der Waals surface area contributed by atoms with Crippen molar-refractivity contribution in [2.45, 2.75) is 19.4 Å². The second-order valence-corrected chi connectivity index (χ2v) is 9.14. The van der Waals surface area contributed by atoms with Crippen LogP contribution in [0.5, 0.6) is 0 Å². The van der Waals surface area contributed by atoms with Gasteiger partial charge in [-0.3, -0.25) is 4.98 Å². The van der Waals surface area contributed by atoms with Crippen molar-refractivity contribution in [1.82, 2.24) is 19.9 Å². The van der Waals surface area contributed by atoms with E-state index in [2.05, 4.69) is 39.3 Å². The van der Waals surface area contributed by atoms with Crippen molar-refractivity contribution in [2.24, 2.45) is 5.73 Å². The van der Waals surface area contributed by atoms with E-state index >= 15 is 0 Å². The van der Waals surface area contributed by atoms with Gasteiger partial charge in [0.25, 0.3) is 0 Å². The highest BCUT2D eigenvalue weighted by atomic mass is 32.1. The largest absolute Gasteiger partial charge is 0.367 e. The molecular weight excluding hydrogens is 452 g/mol. The van der Waals surface area contributed by atoms with Gasteiger partial charge in [-0.25, -0.2) is 15.0 Å². The molecule has 5 rings (SSSR count). The number of aromatic nitrogens is 4. The molecule has 1 aromatic carbocycles. The lowest BCUT2D eigenvalue weighted by Gasteiger charge is -2.14. The Labute approximate surface area is 208 Å². The molecule has 0 fully saturated rings. The van der Waals surface area contributed by atoms with Gasteiger partial charge in [-0.05, 0) is 48.6 Å². The van der Waals surface area contributed by atoms with Crippen LogP contribution in [-0.2, 0) is 6.42 Å². The van der Waals surface area contributed by atoms with Gasteiger partial charge in [0.2, 0.25) is 0 Å². The number of hydrogen-bond acceptors (Lipinski definition) is 7. The average molecular weight is 477 g/mol. The van der Waals surface area contributed by atoms with E-state index in [-0.39, 0.29) is 6.04 Å². The lowest BCUT2D eigenvalue weighted by molar-refractivity contribution is 0.698. The molecule has 0 radical (unpaired) electrons. The minimum Gasteiger partial charge on any atom is -0.367 e. The van der Waals surface area contributed by atoms with Crippen LogP contribution in [0, 0.1) is 18.8 Å². The van der Waals surface area contributed by atoms with E-state index in [1.165, 1.54) is 5.56 Å². The van der Waals surface area contributed by atoms with Gasteiger partial charge < -0.3 is 11.1 Å². The predicted molar refractivity (Wildman–Crippen MR) is 142 cm³/mol. The number of aryl methyl sites for hydroxylation is 1. The number of anilines is 1. The fourth-order valence-electron chi connectivity index (χ4n) is 3.65. The van der Waals surface area contributed by atoms with Gasteiger partial charge in [-0.15, -0.1) is 11.3 Å². The Morgan fingerprint density at radius 2 is 1.83 bits per heavy atom. The molecule has 4 aromatic heterocycles. The summed E-state index contributed by atoms with van der Waals surface area (Å²) in [7, 11) is 0. The number of hydrogen-bond donors (Lipinski definition) is 2. The Morgan fingerprint density at radius 1 is 1.00 bits per heavy atom. The molecule has 35 heavy (non-hydrogen) atoms. The molecule has 0 bridgehead atoms. The Balaban J connectivity index is 1.47. The average Bonchev–Trinajstić information content (AvgIpc) is 3.31. The molecule has 3 N–H and O–H groups in total. The fourth-order valence-corrected chi connectivity index (χ4v) is 4.55. The first-order valence-electron chi connectivity index (χ1n) is 11.3. The third-order valence-electron chi connectivity index (χ3n) is 5.46. The van der Waals surface area contributed by atoms with Crippen LogP contribution in [0.15, 0.2) is 78.6 Å². The van der Waals surface area contributed by atoms with Gasteiger partial charge in [0.1, 0.15) is 17.0 Å². The number of benzene rings is 1. The van der Waals surface area contributed by atoms with Crippen molar-refractivity contribution >= 4 is 27.4 Å². The summed E-state index contributed by atoms with van der Waals surface area (Å²) in [6, 6.07) is 17.9. The summed E-state index contributed by atoms with van der Waals surface area (Å²) in [6.07, 6.45) is 6.08. The third kappa shape index (κ3) is 5.52. The fraction of sp³-hybridized carbons (Fsp3) is 0.143. The van der Waals surface area contributed by atoms with Crippen LogP contribution in [0.25, 0.3) is 21.6 Å². The second-order valence-electron chi connectivity index (χ2n) is 8.26. The van der Waals surface area contributed by atoms with Gasteiger partial charge in [0, 0.05) is 42.1 Å². The molecule has 5 aromatic rings. The summed E-state index contributed by atoms with van der Waals surface area (Å²) in [5.74, 6) is 7.79. The van der Waals surface area contributed by atoms with Gasteiger partial charge >= 0.3 is 0 Å². The Morgan fingerprint density at radius 3 is 2.60 bits per heavy atom. The molecule has 6 nitrogen and oxygen atoms in total. The zero-order valence-electron chi connectivity index (χ0n) is 19.3. The maximum atomic E-state index is 6.43. The Bertz CT molecular complexity index is 1490. The first-order chi connectivity index (χ1) is 17.2. The normalized spacial score (nSPS) is 11.6. The van der Waals surface area contributed by atoms with Crippen LogP contribution in [0.1, 0.15) is 22.4 Å². The number of rotatable bonds is 6. The molecule has 7 heteroatoms. The monoisotopic (exact) mass is 476 g/mol. The lowest BCUT2D eigenvalue weighted by Crippen LogP contribution is -2.31. The third-order valence-corrected chi connectivity index (χ3v) is 6.44. The molecule has 0 saturated heterocycles. The zero-order chi connectivity index (χ0) is 24.0. The summed E-state index contributed by atoms with van der Waals surface area (Å²) in [5, 5.41) is 5.49. The highest BCUT2D eigenvalue weighted by Gasteiger charge is 2.15. The maximum absolute atomic E-state index is 6.43. The summed E-state index contributed by atoms with van der Waals surface area (Å²) < 4.78 is 0.955. The Hall–Kier alpha value is -4.12. The van der Waals surface area contributed by atoms with Crippen molar-refractivity contribution in [3.8, 4) is 23.2 Å². The van der Waals surface area contributed by atoms with E-state index in [4.69, 9.17) is 15.7 Å². The van der Waals surface area contributed by atoms with Crippen molar-refractivity contribution in [3.63, 3.8) is 0 Å². The molecule has 0 amide bonds. The van der Waals surface area contributed by atoms with Crippen LogP contribution in [0.4, 0.5) is 5.82 Å². The summed E-state index contributed by atoms with van der Waals surface area (Å²) in [6.45, 7) is 2.59. The Kier molecular flexibility index (Phi) is 6.75. The van der Waals surface area contributed by atoms with Crippen molar-refractivity contribution in [1.29, 1.82) is 0 Å². The van der Waals surface area contributed by atoms with E-state index in [1.807, 2.05) is 61.0 Å². The topological polar surface area (TPSA) is 89.6 Å². The predicted octanol–water partition coefficient (Wildman–Crippen LogP) is 4.84. The first-order valence-corrected chi connectivity index (χ1v) is 12.2. The van der Waals surface area contributed by atoms with Crippen molar-refractivity contribution in [2.75, 3.05) is 11.9 Å². The molecule has 172 valence electrons. The minimum atomic E-state index is -0.0568. The van der Waals surface area contributed by atoms with E-state index in [9.17, 15) is 0 Å². The standard InChI is InChI=1S/C28H24N6S/c1-19-7-9-24(31-16-19)10-8-22-18-35-26-25(22)33-27(21-11-13-30-14-12-21)34-28(26)32-17-23(29)15-20-5-3-2-4-6-20/h2-7,9,11-14,16,18,23H,15,17,29H2,1H3,(H,32,33,34). The highest BCUT2D eigenvalue weighted by Crippen LogP contribution is 2.32. The number of nitrogens with two attached hydrogens (primary N) is 1. The maximum Gasteiger partial charge on any atom is 0.162 e. The minimum absolute atomic E-state index is 0.0568. The molecule has 1 atom stereocenters. The van der Waals surface area contributed by atoms with E-state index in [0.717, 1.165) is 44.8 Å². The number of fused-ring (bicyclic) bond motifs is 1. The van der Waals surface area contributed by atoms with Crippen LogP contribution in [0.3, 0.4) is 0 Å². The summed E-state index contributed by atoms with van der Waals surface area (Å²) in [4.78, 5) is 18.2. The van der Waals surface area contributed by atoms with Gasteiger partial charge in [-0.2, -0.15) is 0 Å². The molecule has 4 heterocycles. The van der Waals surface area contributed by atoms with Crippen LogP contribution < -0.4 is 11.1 Å². The van der Waals surface area contributed by atoms with Gasteiger partial charge in [0.15, 0.2) is 5.82 Å². The number of nitrogens with zero attached hydrogens (tertiary/aromatic N) is 4.